The highest BCUT2D eigenvalue weighted by molar-refractivity contribution is 5.95. The minimum Gasteiger partial charge on any atom is -0.323 e. The summed E-state index contributed by atoms with van der Waals surface area (Å²) in [5.74, 6) is -0.202. The number of nitro groups is 1. The van der Waals surface area contributed by atoms with Gasteiger partial charge in [0.05, 0.1) is 12.0 Å². The molecule has 3 rings (SSSR count). The normalized spacial score (nSPS) is 17.1. The third-order valence-corrected chi connectivity index (χ3v) is 5.58. The summed E-state index contributed by atoms with van der Waals surface area (Å²) in [6.45, 7) is 3.94. The fourth-order valence-electron chi connectivity index (χ4n) is 3.94. The van der Waals surface area contributed by atoms with Crippen LogP contribution in [0.3, 0.4) is 0 Å². The first-order valence-electron chi connectivity index (χ1n) is 9.33. The van der Waals surface area contributed by atoms with Gasteiger partial charge in [-0.3, -0.25) is 14.9 Å². The summed E-state index contributed by atoms with van der Waals surface area (Å²) < 4.78 is 0. The fraction of sp³-hybridized carbons (Fsp3) is 0.381. The van der Waals surface area contributed by atoms with Crippen LogP contribution in [-0.4, -0.2) is 24.4 Å². The predicted octanol–water partition coefficient (Wildman–Crippen LogP) is 2.74. The molecule has 0 aliphatic heterocycles. The number of aryl methyl sites for hydroxylation is 2. The lowest BCUT2D eigenvalue weighted by Gasteiger charge is -2.30. The Morgan fingerprint density at radius 1 is 1.26 bits per heavy atom. The first-order chi connectivity index (χ1) is 12.9. The van der Waals surface area contributed by atoms with E-state index in [9.17, 15) is 14.9 Å². The van der Waals surface area contributed by atoms with Crippen molar-refractivity contribution in [1.29, 1.82) is 0 Å². The van der Waals surface area contributed by atoms with Crippen LogP contribution in [0.25, 0.3) is 0 Å². The Labute approximate surface area is 159 Å². The number of likely N-dealkylation sites (N-methyl/N-ethyl adjacent to an activating group) is 1. The maximum absolute atomic E-state index is 12.7. The number of hydrogen-bond donors (Lipinski definition) is 2. The summed E-state index contributed by atoms with van der Waals surface area (Å²) in [5, 5.41) is 14.1. The first-order valence-corrected chi connectivity index (χ1v) is 9.33. The van der Waals surface area contributed by atoms with Crippen LogP contribution in [-0.2, 0) is 11.2 Å². The van der Waals surface area contributed by atoms with E-state index in [-0.39, 0.29) is 24.2 Å². The molecule has 0 spiro atoms. The Hall–Kier alpha value is -2.73. The smallest absolute Gasteiger partial charge is 0.293 e. The summed E-state index contributed by atoms with van der Waals surface area (Å²) in [5.41, 5.74) is 4.57. The number of fused-ring (bicyclic) bond motifs is 1. The molecule has 0 radical (unpaired) electrons. The maximum atomic E-state index is 12.7. The van der Waals surface area contributed by atoms with Crippen molar-refractivity contribution in [2.24, 2.45) is 0 Å². The van der Waals surface area contributed by atoms with Gasteiger partial charge in [-0.15, -0.1) is 0 Å². The van der Waals surface area contributed by atoms with Crippen molar-refractivity contribution in [2.75, 3.05) is 18.9 Å². The Kier molecular flexibility index (Phi) is 5.56. The quantitative estimate of drug-likeness (QED) is 0.629. The summed E-state index contributed by atoms with van der Waals surface area (Å²) in [4.78, 5) is 24.6. The Balaban J connectivity index is 1.76. The SMILES string of the molecule is Cc1ccc([N+](=O)[O-])c(NC(=O)C[NH+](C)[C@H]2CCCc3ccccc32)c1C. The lowest BCUT2D eigenvalue weighted by Crippen LogP contribution is -3.10. The molecule has 142 valence electrons. The minimum absolute atomic E-state index is 0.0629. The molecule has 6 heteroatoms. The first kappa shape index (κ1) is 19.0. The second-order valence-corrected chi connectivity index (χ2v) is 7.37. The van der Waals surface area contributed by atoms with Gasteiger partial charge in [0.2, 0.25) is 0 Å². The number of carbonyl (C=O) groups is 1. The highest BCUT2D eigenvalue weighted by atomic mass is 16.6. The zero-order valence-electron chi connectivity index (χ0n) is 16.0. The number of benzene rings is 2. The van der Waals surface area contributed by atoms with Gasteiger partial charge in [0, 0.05) is 18.1 Å². The van der Waals surface area contributed by atoms with Crippen LogP contribution in [0.1, 0.15) is 41.1 Å². The molecule has 0 fully saturated rings. The van der Waals surface area contributed by atoms with Gasteiger partial charge >= 0.3 is 0 Å². The highest BCUT2D eigenvalue weighted by Crippen LogP contribution is 2.30. The molecule has 2 atom stereocenters. The molecule has 0 bridgehead atoms. The fourth-order valence-corrected chi connectivity index (χ4v) is 3.94. The monoisotopic (exact) mass is 368 g/mol. The number of nitro benzene ring substituents is 1. The van der Waals surface area contributed by atoms with E-state index in [1.807, 2.05) is 20.0 Å². The number of carbonyl (C=O) groups excluding carboxylic acids is 1. The maximum Gasteiger partial charge on any atom is 0.293 e. The molecule has 0 saturated carbocycles. The molecule has 0 heterocycles. The number of nitrogens with one attached hydrogen (secondary N) is 2. The average Bonchev–Trinajstić information content (AvgIpc) is 2.64. The van der Waals surface area contributed by atoms with E-state index in [1.54, 1.807) is 13.0 Å². The molecule has 1 aliphatic carbocycles. The molecule has 1 aliphatic rings. The van der Waals surface area contributed by atoms with Crippen LogP contribution in [0, 0.1) is 24.0 Å². The Morgan fingerprint density at radius 3 is 2.74 bits per heavy atom. The van der Waals surface area contributed by atoms with Crippen molar-refractivity contribution in [2.45, 2.75) is 39.2 Å². The van der Waals surface area contributed by atoms with Crippen molar-refractivity contribution in [1.82, 2.24) is 0 Å². The van der Waals surface area contributed by atoms with Gasteiger partial charge in [0.1, 0.15) is 11.7 Å². The summed E-state index contributed by atoms with van der Waals surface area (Å²) in [6, 6.07) is 11.8. The van der Waals surface area contributed by atoms with E-state index in [0.29, 0.717) is 5.69 Å². The van der Waals surface area contributed by atoms with Crippen LogP contribution in [0.4, 0.5) is 11.4 Å². The molecule has 27 heavy (non-hydrogen) atoms. The van der Waals surface area contributed by atoms with Gasteiger partial charge in [0.25, 0.3) is 11.6 Å². The van der Waals surface area contributed by atoms with Crippen LogP contribution < -0.4 is 10.2 Å². The second kappa shape index (κ2) is 7.88. The molecule has 0 saturated heterocycles. The summed E-state index contributed by atoms with van der Waals surface area (Å²) >= 11 is 0. The number of amides is 1. The van der Waals surface area contributed by atoms with Gasteiger partial charge in [-0.2, -0.15) is 0 Å². The van der Waals surface area contributed by atoms with Gasteiger partial charge in [-0.05, 0) is 43.4 Å². The molecule has 2 N–H and O–H groups in total. The molecule has 1 unspecified atom stereocenters. The minimum atomic E-state index is -0.448. The second-order valence-electron chi connectivity index (χ2n) is 7.37. The van der Waals surface area contributed by atoms with Crippen molar-refractivity contribution in [3.8, 4) is 0 Å². The van der Waals surface area contributed by atoms with E-state index in [4.69, 9.17) is 0 Å². The zero-order chi connectivity index (χ0) is 19.6. The largest absolute Gasteiger partial charge is 0.323 e. The molecule has 0 aromatic heterocycles. The standard InChI is InChI=1S/C21H25N3O3/c1-14-11-12-19(24(26)27)21(15(14)2)22-20(25)13-23(3)18-10-6-8-16-7-4-5-9-17(16)18/h4-5,7,9,11-12,18H,6,8,10,13H2,1-3H3,(H,22,25)/p+1/t18-/m0/s1. The number of nitrogens with zero attached hydrogens (tertiary/aromatic N) is 1. The third-order valence-electron chi connectivity index (χ3n) is 5.58. The van der Waals surface area contributed by atoms with E-state index in [1.165, 1.54) is 17.2 Å². The predicted molar refractivity (Wildman–Crippen MR) is 105 cm³/mol. The zero-order valence-corrected chi connectivity index (χ0v) is 16.0. The number of anilines is 1. The van der Waals surface area contributed by atoms with Gasteiger partial charge in [-0.25, -0.2) is 0 Å². The lowest BCUT2D eigenvalue weighted by molar-refractivity contribution is -0.905. The van der Waals surface area contributed by atoms with E-state index in [0.717, 1.165) is 35.3 Å². The number of rotatable bonds is 5. The number of quaternary nitrogens is 1. The molecule has 1 amide bonds. The molecule has 2 aromatic carbocycles. The molecule has 6 nitrogen and oxygen atoms in total. The highest BCUT2D eigenvalue weighted by Gasteiger charge is 2.29. The van der Waals surface area contributed by atoms with Crippen LogP contribution in [0.2, 0.25) is 0 Å². The molecular formula is C21H26N3O3+. The lowest BCUT2D eigenvalue weighted by atomic mass is 9.87. The van der Waals surface area contributed by atoms with Crippen LogP contribution in [0.15, 0.2) is 36.4 Å². The summed E-state index contributed by atoms with van der Waals surface area (Å²) in [6.07, 6.45) is 3.24. The van der Waals surface area contributed by atoms with E-state index >= 15 is 0 Å². The van der Waals surface area contributed by atoms with Gasteiger partial charge in [-0.1, -0.05) is 30.3 Å². The molecule has 2 aromatic rings. The van der Waals surface area contributed by atoms with Gasteiger partial charge in [0.15, 0.2) is 6.54 Å². The van der Waals surface area contributed by atoms with Crippen molar-refractivity contribution in [3.63, 3.8) is 0 Å². The van der Waals surface area contributed by atoms with Crippen molar-refractivity contribution in [3.05, 3.63) is 68.8 Å². The van der Waals surface area contributed by atoms with Crippen molar-refractivity contribution >= 4 is 17.3 Å². The summed E-state index contributed by atoms with van der Waals surface area (Å²) in [7, 11) is 2.02. The third kappa shape index (κ3) is 4.01. The van der Waals surface area contributed by atoms with Crippen LogP contribution in [0.5, 0.6) is 0 Å². The Morgan fingerprint density at radius 2 is 2.00 bits per heavy atom. The van der Waals surface area contributed by atoms with E-state index in [2.05, 4.69) is 23.5 Å². The van der Waals surface area contributed by atoms with Crippen LogP contribution >= 0.6 is 0 Å². The van der Waals surface area contributed by atoms with E-state index < -0.39 is 4.92 Å². The number of hydrogen-bond acceptors (Lipinski definition) is 3. The van der Waals surface area contributed by atoms with Crippen molar-refractivity contribution < 1.29 is 14.6 Å². The topological polar surface area (TPSA) is 76.7 Å². The Bertz CT molecular complexity index is 879. The van der Waals surface area contributed by atoms with Gasteiger partial charge < -0.3 is 10.2 Å². The average molecular weight is 368 g/mol. The molecular weight excluding hydrogens is 342 g/mol.